The van der Waals surface area contributed by atoms with Crippen LogP contribution in [0.25, 0.3) is 0 Å². The molecule has 0 aromatic rings. The van der Waals surface area contributed by atoms with Crippen molar-refractivity contribution in [1.29, 1.82) is 0 Å². The number of hydrogen-bond donors (Lipinski definition) is 7. The van der Waals surface area contributed by atoms with Crippen LogP contribution < -0.4 is 22.5 Å². The minimum atomic E-state index is -0.933. The van der Waals surface area contributed by atoms with Crippen LogP contribution in [0.3, 0.4) is 0 Å². The molecule has 0 aromatic carbocycles. The van der Waals surface area contributed by atoms with Crippen LogP contribution in [0.5, 0.6) is 0 Å². The molecule has 0 saturated carbocycles. The molecule has 1 saturated heterocycles. The Labute approximate surface area is 154 Å². The Morgan fingerprint density at radius 1 is 1.08 bits per heavy atom. The van der Waals surface area contributed by atoms with Crippen molar-refractivity contribution in [3.8, 4) is 0 Å². The van der Waals surface area contributed by atoms with Crippen LogP contribution in [0, 0.1) is 5.92 Å². The molecule has 0 radical (unpaired) electrons. The highest BCUT2D eigenvalue weighted by Crippen LogP contribution is 2.03. The Hall–Kier alpha value is -1.75. The maximum absolute atomic E-state index is 10.1. The van der Waals surface area contributed by atoms with Crippen molar-refractivity contribution >= 4 is 17.9 Å². The number of carboxylic acid groups (broad SMARTS) is 3. The van der Waals surface area contributed by atoms with Crippen molar-refractivity contribution in [3.63, 3.8) is 0 Å². The number of nitrogens with one attached hydrogen (secondary N) is 1. The van der Waals surface area contributed by atoms with Gasteiger partial charge in [0.1, 0.15) is 18.1 Å². The molecule has 0 spiro atoms. The van der Waals surface area contributed by atoms with E-state index in [0.717, 1.165) is 32.2 Å². The van der Waals surface area contributed by atoms with E-state index in [0.29, 0.717) is 13.0 Å². The minimum Gasteiger partial charge on any atom is -0.480 e. The fraction of sp³-hybridized carbons (Fsp3) is 0.812. The largest absolute Gasteiger partial charge is 0.480 e. The van der Waals surface area contributed by atoms with Gasteiger partial charge in [0.25, 0.3) is 0 Å². The molecule has 26 heavy (non-hydrogen) atoms. The number of carboxylic acids is 3. The van der Waals surface area contributed by atoms with Gasteiger partial charge in [-0.05, 0) is 44.7 Å². The van der Waals surface area contributed by atoms with Gasteiger partial charge in [-0.2, -0.15) is 0 Å². The van der Waals surface area contributed by atoms with Gasteiger partial charge >= 0.3 is 17.9 Å². The quantitative estimate of drug-likeness (QED) is 0.267. The van der Waals surface area contributed by atoms with E-state index in [2.05, 4.69) is 5.32 Å². The van der Waals surface area contributed by atoms with Crippen molar-refractivity contribution in [2.24, 2.45) is 23.1 Å². The first-order chi connectivity index (χ1) is 12.0. The predicted octanol–water partition coefficient (Wildman–Crippen LogP) is -0.595. The molecule has 154 valence electrons. The summed E-state index contributed by atoms with van der Waals surface area (Å²) >= 11 is 0. The number of nitrogens with two attached hydrogens (primary N) is 3. The number of hydrogen-bond acceptors (Lipinski definition) is 7. The molecule has 0 amide bonds. The van der Waals surface area contributed by atoms with Crippen molar-refractivity contribution in [2.75, 3.05) is 13.1 Å². The molecule has 1 aliphatic heterocycles. The summed E-state index contributed by atoms with van der Waals surface area (Å²) in [7, 11) is 0. The fourth-order valence-corrected chi connectivity index (χ4v) is 1.81. The van der Waals surface area contributed by atoms with E-state index in [1.54, 1.807) is 13.8 Å². The molecule has 1 rings (SSSR count). The Kier molecular flexibility index (Phi) is 15.8. The highest BCUT2D eigenvalue weighted by molar-refractivity contribution is 5.74. The van der Waals surface area contributed by atoms with Gasteiger partial charge in [0.15, 0.2) is 0 Å². The third-order valence-corrected chi connectivity index (χ3v) is 3.65. The maximum Gasteiger partial charge on any atom is 0.320 e. The van der Waals surface area contributed by atoms with Gasteiger partial charge in [-0.3, -0.25) is 14.4 Å². The molecule has 1 fully saturated rings. The Morgan fingerprint density at radius 2 is 1.65 bits per heavy atom. The van der Waals surface area contributed by atoms with Crippen molar-refractivity contribution in [2.45, 2.75) is 64.1 Å². The third-order valence-electron chi connectivity index (χ3n) is 3.65. The maximum atomic E-state index is 10.1. The van der Waals surface area contributed by atoms with E-state index < -0.39 is 30.0 Å². The van der Waals surface area contributed by atoms with Crippen LogP contribution >= 0.6 is 0 Å². The van der Waals surface area contributed by atoms with E-state index in [-0.39, 0.29) is 12.0 Å². The summed E-state index contributed by atoms with van der Waals surface area (Å²) in [6, 6.07) is -1.70. The van der Waals surface area contributed by atoms with E-state index in [4.69, 9.17) is 32.5 Å². The molecule has 10 nitrogen and oxygen atoms in total. The molecule has 0 aliphatic carbocycles. The molecule has 1 heterocycles. The van der Waals surface area contributed by atoms with E-state index in [1.165, 1.54) is 0 Å². The molecule has 0 aromatic heterocycles. The lowest BCUT2D eigenvalue weighted by Gasteiger charge is -2.07. The zero-order valence-electron chi connectivity index (χ0n) is 15.6. The smallest absolute Gasteiger partial charge is 0.320 e. The highest BCUT2D eigenvalue weighted by Gasteiger charge is 2.20. The monoisotopic (exact) mass is 378 g/mol. The van der Waals surface area contributed by atoms with Gasteiger partial charge in [0.2, 0.25) is 0 Å². The number of rotatable bonds is 8. The van der Waals surface area contributed by atoms with Crippen LogP contribution in [0.2, 0.25) is 0 Å². The summed E-state index contributed by atoms with van der Waals surface area (Å²) in [5.41, 5.74) is 15.6. The van der Waals surface area contributed by atoms with Crippen LogP contribution in [-0.2, 0) is 14.4 Å². The summed E-state index contributed by atoms with van der Waals surface area (Å²) in [5.74, 6) is -2.56. The molecular formula is C16H34N4O6. The normalized spacial score (nSPS) is 18.0. The number of aliphatic carboxylic acids is 3. The number of carbonyl (C=O) groups is 3. The van der Waals surface area contributed by atoms with Gasteiger partial charge < -0.3 is 37.8 Å². The van der Waals surface area contributed by atoms with Gasteiger partial charge in [-0.15, -0.1) is 0 Å². The Balaban J connectivity index is 0. The van der Waals surface area contributed by atoms with E-state index >= 15 is 0 Å². The second-order valence-corrected chi connectivity index (χ2v) is 6.32. The van der Waals surface area contributed by atoms with Gasteiger partial charge in [0.05, 0.1) is 0 Å². The zero-order valence-corrected chi connectivity index (χ0v) is 15.6. The van der Waals surface area contributed by atoms with Crippen molar-refractivity contribution < 1.29 is 29.7 Å². The summed E-state index contributed by atoms with van der Waals surface area (Å²) in [6.45, 7) is 5.01. The van der Waals surface area contributed by atoms with Crippen LogP contribution in [0.15, 0.2) is 0 Å². The van der Waals surface area contributed by atoms with Crippen molar-refractivity contribution in [3.05, 3.63) is 0 Å². The molecular weight excluding hydrogens is 344 g/mol. The Morgan fingerprint density at radius 3 is 1.88 bits per heavy atom. The average Bonchev–Trinajstić information content (AvgIpc) is 3.10. The molecule has 0 bridgehead atoms. The van der Waals surface area contributed by atoms with Gasteiger partial charge in [0, 0.05) is 0 Å². The predicted molar refractivity (Wildman–Crippen MR) is 97.6 cm³/mol. The van der Waals surface area contributed by atoms with Gasteiger partial charge in [-0.1, -0.05) is 20.3 Å². The van der Waals surface area contributed by atoms with Crippen LogP contribution in [0.1, 0.15) is 46.0 Å². The van der Waals surface area contributed by atoms with Crippen molar-refractivity contribution in [1.82, 2.24) is 5.32 Å². The summed E-state index contributed by atoms with van der Waals surface area (Å²) in [4.78, 5) is 30.3. The minimum absolute atomic E-state index is 0.0208. The lowest BCUT2D eigenvalue weighted by molar-refractivity contribution is -0.140. The van der Waals surface area contributed by atoms with E-state index in [1.807, 2.05) is 0 Å². The highest BCUT2D eigenvalue weighted by atomic mass is 16.4. The first-order valence-electron chi connectivity index (χ1n) is 8.67. The van der Waals surface area contributed by atoms with E-state index in [9.17, 15) is 14.4 Å². The lowest BCUT2D eigenvalue weighted by Crippen LogP contribution is -2.34. The molecule has 10 heteroatoms. The third kappa shape index (κ3) is 14.6. The Bertz CT molecular complexity index is 402. The molecule has 3 atom stereocenters. The lowest BCUT2D eigenvalue weighted by atomic mass is 10.1. The summed E-state index contributed by atoms with van der Waals surface area (Å²) in [5, 5.41) is 27.8. The SMILES string of the molecule is CC(C)C(N)C(=O)O.NCCCCC(N)C(=O)O.O=C(O)C1CCCN1. The number of unbranched alkanes of at least 4 members (excludes halogenated alkanes) is 1. The summed E-state index contributed by atoms with van der Waals surface area (Å²) < 4.78 is 0. The standard InChI is InChI=1S/C6H14N2O2.C5H9NO2.C5H11NO2/c7-4-2-1-3-5(8)6(9)10;7-5(8)4-2-1-3-6-4;1-3(2)4(6)5(7)8/h5H,1-4,7-8H2,(H,9,10);4,6H,1-3H2,(H,7,8);3-4H,6H2,1-2H3,(H,7,8). The second-order valence-electron chi connectivity index (χ2n) is 6.32. The van der Waals surface area contributed by atoms with Crippen LogP contribution in [-0.4, -0.2) is 64.4 Å². The average molecular weight is 378 g/mol. The first-order valence-corrected chi connectivity index (χ1v) is 8.67. The molecule has 10 N–H and O–H groups in total. The van der Waals surface area contributed by atoms with Crippen LogP contribution in [0.4, 0.5) is 0 Å². The second kappa shape index (κ2) is 15.5. The first kappa shape index (κ1) is 26.5. The zero-order chi connectivity index (χ0) is 20.7. The summed E-state index contributed by atoms with van der Waals surface area (Å²) in [6.07, 6.45) is 3.95. The topological polar surface area (TPSA) is 202 Å². The van der Waals surface area contributed by atoms with Gasteiger partial charge in [-0.25, -0.2) is 0 Å². The fourth-order valence-electron chi connectivity index (χ4n) is 1.81. The molecule has 3 unspecified atom stereocenters. The molecule has 1 aliphatic rings.